The number of benzene rings is 2. The summed E-state index contributed by atoms with van der Waals surface area (Å²) in [6.45, 7) is 5.80. The second-order valence-electron chi connectivity index (χ2n) is 5.32. The minimum Gasteiger partial charge on any atom is -0.496 e. The van der Waals surface area contributed by atoms with Crippen LogP contribution in [0.5, 0.6) is 11.5 Å². The lowest BCUT2D eigenvalue weighted by Crippen LogP contribution is -2.03. The van der Waals surface area contributed by atoms with Crippen LogP contribution in [0.2, 0.25) is 0 Å². The summed E-state index contributed by atoms with van der Waals surface area (Å²) < 4.78 is 10.6. The summed E-state index contributed by atoms with van der Waals surface area (Å²) in [5.41, 5.74) is 4.81. The average molecular weight is 300 g/mol. The molecular formula is C18H20O4. The van der Waals surface area contributed by atoms with E-state index in [1.165, 1.54) is 7.11 Å². The van der Waals surface area contributed by atoms with Crippen molar-refractivity contribution in [2.24, 2.45) is 0 Å². The summed E-state index contributed by atoms with van der Waals surface area (Å²) in [6.07, 6.45) is 0. The van der Waals surface area contributed by atoms with Gasteiger partial charge in [0.15, 0.2) is 0 Å². The van der Waals surface area contributed by atoms with Gasteiger partial charge in [0.25, 0.3) is 0 Å². The Morgan fingerprint density at radius 3 is 1.64 bits per heavy atom. The topological polar surface area (TPSA) is 55.8 Å². The lowest BCUT2D eigenvalue weighted by Gasteiger charge is -2.14. The van der Waals surface area contributed by atoms with Gasteiger partial charge in [0.05, 0.1) is 14.2 Å². The van der Waals surface area contributed by atoms with Crippen LogP contribution >= 0.6 is 0 Å². The van der Waals surface area contributed by atoms with Crippen LogP contribution in [-0.2, 0) is 0 Å². The molecule has 22 heavy (non-hydrogen) atoms. The van der Waals surface area contributed by atoms with Crippen LogP contribution in [0.1, 0.15) is 27.0 Å². The van der Waals surface area contributed by atoms with Gasteiger partial charge in [0.1, 0.15) is 17.1 Å². The van der Waals surface area contributed by atoms with Crippen LogP contribution in [0.3, 0.4) is 0 Å². The van der Waals surface area contributed by atoms with E-state index in [1.54, 1.807) is 13.2 Å². The monoisotopic (exact) mass is 300 g/mol. The fraction of sp³-hybridized carbons (Fsp3) is 0.278. The van der Waals surface area contributed by atoms with Gasteiger partial charge >= 0.3 is 5.97 Å². The predicted molar refractivity (Wildman–Crippen MR) is 86.2 cm³/mol. The first kappa shape index (κ1) is 15.9. The molecule has 116 valence electrons. The molecule has 0 atom stereocenters. The molecular weight excluding hydrogens is 280 g/mol. The van der Waals surface area contributed by atoms with Crippen molar-refractivity contribution in [1.29, 1.82) is 0 Å². The third-order valence-electron chi connectivity index (χ3n) is 3.71. The van der Waals surface area contributed by atoms with E-state index in [9.17, 15) is 9.90 Å². The third kappa shape index (κ3) is 2.77. The molecule has 0 aromatic heterocycles. The molecule has 0 aliphatic heterocycles. The van der Waals surface area contributed by atoms with Gasteiger partial charge in [-0.05, 0) is 72.9 Å². The fourth-order valence-electron chi connectivity index (χ4n) is 2.81. The van der Waals surface area contributed by atoms with Crippen LogP contribution in [0, 0.1) is 20.8 Å². The van der Waals surface area contributed by atoms with E-state index in [-0.39, 0.29) is 5.56 Å². The highest BCUT2D eigenvalue weighted by Gasteiger charge is 2.16. The number of methoxy groups -OCH3 is 2. The van der Waals surface area contributed by atoms with Gasteiger partial charge in [0.2, 0.25) is 0 Å². The molecule has 0 fully saturated rings. The molecule has 4 heteroatoms. The average Bonchev–Trinajstić information content (AvgIpc) is 2.45. The first-order valence-electron chi connectivity index (χ1n) is 6.96. The number of carbonyl (C=O) groups is 1. The molecule has 4 nitrogen and oxygen atoms in total. The summed E-state index contributed by atoms with van der Waals surface area (Å²) in [4.78, 5) is 11.5. The number of hydrogen-bond acceptors (Lipinski definition) is 3. The normalized spacial score (nSPS) is 10.4. The number of carboxylic acids is 1. The van der Waals surface area contributed by atoms with Crippen molar-refractivity contribution in [3.05, 3.63) is 46.5 Å². The van der Waals surface area contributed by atoms with Gasteiger partial charge < -0.3 is 14.6 Å². The van der Waals surface area contributed by atoms with E-state index in [4.69, 9.17) is 9.47 Å². The Hall–Kier alpha value is -2.49. The Balaban J connectivity index is 2.66. The van der Waals surface area contributed by atoms with Crippen LogP contribution in [-0.4, -0.2) is 25.3 Å². The highest BCUT2D eigenvalue weighted by molar-refractivity contribution is 5.93. The van der Waals surface area contributed by atoms with Gasteiger partial charge in [-0.1, -0.05) is 0 Å². The fourth-order valence-corrected chi connectivity index (χ4v) is 2.81. The van der Waals surface area contributed by atoms with Crippen molar-refractivity contribution in [3.63, 3.8) is 0 Å². The van der Waals surface area contributed by atoms with Crippen molar-refractivity contribution < 1.29 is 19.4 Å². The zero-order chi connectivity index (χ0) is 16.4. The second-order valence-corrected chi connectivity index (χ2v) is 5.32. The highest BCUT2D eigenvalue weighted by atomic mass is 16.5. The molecule has 0 amide bonds. The van der Waals surface area contributed by atoms with Crippen LogP contribution in [0.4, 0.5) is 0 Å². The van der Waals surface area contributed by atoms with E-state index < -0.39 is 5.97 Å². The van der Waals surface area contributed by atoms with Gasteiger partial charge in [0, 0.05) is 0 Å². The number of hydrogen-bond donors (Lipinski definition) is 1. The summed E-state index contributed by atoms with van der Waals surface area (Å²) in [6, 6.07) is 7.58. The number of aromatic carboxylic acids is 1. The molecule has 1 N–H and O–H groups in total. The van der Waals surface area contributed by atoms with Crippen molar-refractivity contribution in [2.75, 3.05) is 14.2 Å². The largest absolute Gasteiger partial charge is 0.496 e. The minimum atomic E-state index is -0.997. The molecule has 0 saturated heterocycles. The summed E-state index contributed by atoms with van der Waals surface area (Å²) >= 11 is 0. The van der Waals surface area contributed by atoms with E-state index in [2.05, 4.69) is 0 Å². The van der Waals surface area contributed by atoms with Gasteiger partial charge in [-0.2, -0.15) is 0 Å². The molecule has 0 radical (unpaired) electrons. The SMILES string of the molecule is COc1c(C)cc(-c2cc(C)c(OC)c(C(=O)O)c2)cc1C. The third-order valence-corrected chi connectivity index (χ3v) is 3.71. The lowest BCUT2D eigenvalue weighted by molar-refractivity contribution is 0.0693. The maximum atomic E-state index is 11.5. The van der Waals surface area contributed by atoms with E-state index in [0.29, 0.717) is 5.75 Å². The molecule has 0 unspecified atom stereocenters. The van der Waals surface area contributed by atoms with E-state index in [0.717, 1.165) is 33.6 Å². The van der Waals surface area contributed by atoms with Crippen molar-refractivity contribution in [1.82, 2.24) is 0 Å². The van der Waals surface area contributed by atoms with Gasteiger partial charge in [-0.15, -0.1) is 0 Å². The molecule has 2 rings (SSSR count). The quantitative estimate of drug-likeness (QED) is 0.927. The second kappa shape index (κ2) is 6.10. The molecule has 0 aliphatic carbocycles. The van der Waals surface area contributed by atoms with Gasteiger partial charge in [-0.3, -0.25) is 0 Å². The Labute approximate surface area is 130 Å². The van der Waals surface area contributed by atoms with E-state index in [1.807, 2.05) is 39.0 Å². The molecule has 0 aliphatic rings. The number of rotatable bonds is 4. The van der Waals surface area contributed by atoms with Crippen LogP contribution in [0.25, 0.3) is 11.1 Å². The molecule has 0 spiro atoms. The zero-order valence-electron chi connectivity index (χ0n) is 13.5. The van der Waals surface area contributed by atoms with Crippen LogP contribution in [0.15, 0.2) is 24.3 Å². The molecule has 0 heterocycles. The predicted octanol–water partition coefficient (Wildman–Crippen LogP) is 3.99. The summed E-state index contributed by atoms with van der Waals surface area (Å²) in [5.74, 6) is 0.259. The Morgan fingerprint density at radius 1 is 0.818 bits per heavy atom. The Bertz CT molecular complexity index is 709. The number of aryl methyl sites for hydroxylation is 3. The Morgan fingerprint density at radius 2 is 1.23 bits per heavy atom. The van der Waals surface area contributed by atoms with Gasteiger partial charge in [-0.25, -0.2) is 4.79 Å². The number of carboxylic acid groups (broad SMARTS) is 1. The van der Waals surface area contributed by atoms with Crippen molar-refractivity contribution in [3.8, 4) is 22.6 Å². The molecule has 2 aromatic rings. The molecule has 0 bridgehead atoms. The maximum absolute atomic E-state index is 11.5. The zero-order valence-corrected chi connectivity index (χ0v) is 13.5. The summed E-state index contributed by atoms with van der Waals surface area (Å²) in [7, 11) is 3.13. The first-order valence-corrected chi connectivity index (χ1v) is 6.96. The Kier molecular flexibility index (Phi) is 4.40. The smallest absolute Gasteiger partial charge is 0.339 e. The van der Waals surface area contributed by atoms with E-state index >= 15 is 0 Å². The van der Waals surface area contributed by atoms with Crippen molar-refractivity contribution >= 4 is 5.97 Å². The number of ether oxygens (including phenoxy) is 2. The minimum absolute atomic E-state index is 0.170. The maximum Gasteiger partial charge on any atom is 0.339 e. The molecule has 0 saturated carbocycles. The standard InChI is InChI=1S/C18H20O4/c1-10-6-13(7-11(2)16(10)21-4)14-8-12(3)17(22-5)15(9-14)18(19)20/h6-9H,1-5H3,(H,19,20). The highest BCUT2D eigenvalue weighted by Crippen LogP contribution is 2.34. The van der Waals surface area contributed by atoms with Crippen LogP contribution < -0.4 is 9.47 Å². The molecule has 2 aromatic carbocycles. The summed E-state index contributed by atoms with van der Waals surface area (Å²) in [5, 5.41) is 9.38. The lowest BCUT2D eigenvalue weighted by atomic mass is 9.96. The van der Waals surface area contributed by atoms with Crippen molar-refractivity contribution in [2.45, 2.75) is 20.8 Å². The first-order chi connectivity index (χ1) is 10.4.